The first-order valence-corrected chi connectivity index (χ1v) is 10.5. The van der Waals surface area contributed by atoms with Crippen molar-refractivity contribution in [2.75, 3.05) is 12.4 Å². The summed E-state index contributed by atoms with van der Waals surface area (Å²) < 4.78 is 3.25. The van der Waals surface area contributed by atoms with Crippen LogP contribution in [0.4, 0.5) is 5.82 Å². The van der Waals surface area contributed by atoms with Gasteiger partial charge in [-0.1, -0.05) is 23.4 Å². The van der Waals surface area contributed by atoms with E-state index in [1.54, 1.807) is 24.1 Å². The number of carbonyl (C=O) groups excluding carboxylic acids is 1. The molecule has 0 bridgehead atoms. The lowest BCUT2D eigenvalue weighted by Crippen LogP contribution is -2.36. The fraction of sp³-hybridized carbons (Fsp3) is 0.429. The quantitative estimate of drug-likeness (QED) is 0.527. The van der Waals surface area contributed by atoms with Gasteiger partial charge in [-0.25, -0.2) is 4.98 Å². The molecule has 3 aromatic heterocycles. The van der Waals surface area contributed by atoms with Crippen molar-refractivity contribution in [3.05, 3.63) is 36.4 Å². The molecule has 11 nitrogen and oxygen atoms in total. The van der Waals surface area contributed by atoms with Crippen molar-refractivity contribution < 1.29 is 15.0 Å². The van der Waals surface area contributed by atoms with Crippen molar-refractivity contribution in [1.29, 1.82) is 0 Å². The van der Waals surface area contributed by atoms with Crippen LogP contribution in [0.15, 0.2) is 30.8 Å². The van der Waals surface area contributed by atoms with E-state index in [0.717, 1.165) is 17.7 Å². The number of allylic oxidation sites excluding steroid dienone is 4. The van der Waals surface area contributed by atoms with Gasteiger partial charge in [0.05, 0.1) is 30.1 Å². The highest BCUT2D eigenvalue weighted by Gasteiger charge is 2.74. The van der Waals surface area contributed by atoms with Crippen LogP contribution in [-0.2, 0) is 4.79 Å². The molecule has 0 aromatic carbocycles. The number of anilines is 1. The van der Waals surface area contributed by atoms with Gasteiger partial charge in [0.25, 0.3) is 5.95 Å². The van der Waals surface area contributed by atoms with Gasteiger partial charge < -0.3 is 20.1 Å². The van der Waals surface area contributed by atoms with Crippen LogP contribution in [0.1, 0.15) is 31.5 Å². The highest BCUT2D eigenvalue weighted by molar-refractivity contribution is 5.88. The highest BCUT2D eigenvalue weighted by atomic mass is 16.3. The van der Waals surface area contributed by atoms with E-state index < -0.39 is 23.7 Å². The molecule has 0 spiro atoms. The molecular weight excluding hydrogens is 412 g/mol. The number of Topliss-reactive ketones (excluding diaryl/α,β-unsaturated/α-hetero) is 1. The van der Waals surface area contributed by atoms with Gasteiger partial charge in [-0.15, -0.1) is 5.10 Å². The Morgan fingerprint density at radius 3 is 2.84 bits per heavy atom. The Morgan fingerprint density at radius 1 is 1.31 bits per heavy atom. The lowest BCUT2D eigenvalue weighted by molar-refractivity contribution is -0.128. The summed E-state index contributed by atoms with van der Waals surface area (Å²) in [5.74, 6) is 0.538. The van der Waals surface area contributed by atoms with Crippen LogP contribution >= 0.6 is 0 Å². The summed E-state index contributed by atoms with van der Waals surface area (Å²) in [6, 6.07) is -0.507. The van der Waals surface area contributed by atoms with Gasteiger partial charge in [0.1, 0.15) is 17.6 Å². The van der Waals surface area contributed by atoms with E-state index in [0.29, 0.717) is 29.4 Å². The highest BCUT2D eigenvalue weighted by Crippen LogP contribution is 2.68. The number of fused-ring (bicyclic) bond motifs is 2. The topological polar surface area (TPSA) is 144 Å². The van der Waals surface area contributed by atoms with Crippen LogP contribution in [0.5, 0.6) is 0 Å². The Labute approximate surface area is 182 Å². The molecule has 3 aliphatic rings. The molecule has 3 N–H and O–H groups in total. The molecule has 2 unspecified atom stereocenters. The zero-order chi connectivity index (χ0) is 22.2. The predicted molar refractivity (Wildman–Crippen MR) is 114 cm³/mol. The number of imidazole rings is 1. The minimum Gasteiger partial charge on any atom is -0.389 e. The van der Waals surface area contributed by atoms with Gasteiger partial charge in [-0.2, -0.15) is 14.6 Å². The second-order valence-corrected chi connectivity index (χ2v) is 8.65. The van der Waals surface area contributed by atoms with Gasteiger partial charge in [-0.05, 0) is 31.3 Å². The number of aromatic nitrogens is 7. The molecule has 32 heavy (non-hydrogen) atoms. The summed E-state index contributed by atoms with van der Waals surface area (Å²) in [4.78, 5) is 25.9. The second-order valence-electron chi connectivity index (χ2n) is 8.65. The minimum absolute atomic E-state index is 0.0990. The van der Waals surface area contributed by atoms with Crippen LogP contribution in [0.3, 0.4) is 0 Å². The first-order valence-electron chi connectivity index (χ1n) is 10.5. The lowest BCUT2D eigenvalue weighted by atomic mass is 9.95. The van der Waals surface area contributed by atoms with Gasteiger partial charge >= 0.3 is 0 Å². The van der Waals surface area contributed by atoms with Crippen LogP contribution in [-0.4, -0.2) is 69.8 Å². The SMILES string of the molecule is CNc1nc(-n2cc(C3=CC=CC3)nn2)nc2c1ncn2[C@@H]1C2C[C@]2(C(C)=O)C(O)[C@H]1O. The fourth-order valence-electron chi connectivity index (χ4n) is 5.32. The number of hydrogen-bond donors (Lipinski definition) is 3. The van der Waals surface area contributed by atoms with Gasteiger partial charge in [0, 0.05) is 7.05 Å². The fourth-order valence-corrected chi connectivity index (χ4v) is 5.32. The van der Waals surface area contributed by atoms with Crippen molar-refractivity contribution in [1.82, 2.24) is 34.5 Å². The van der Waals surface area contributed by atoms with Gasteiger partial charge in [0.15, 0.2) is 17.0 Å². The summed E-state index contributed by atoms with van der Waals surface area (Å²) in [7, 11) is 1.74. The van der Waals surface area contributed by atoms with E-state index in [1.807, 2.05) is 12.2 Å². The summed E-state index contributed by atoms with van der Waals surface area (Å²) in [5.41, 5.74) is 1.94. The van der Waals surface area contributed by atoms with Crippen molar-refractivity contribution >= 4 is 28.3 Å². The summed E-state index contributed by atoms with van der Waals surface area (Å²) >= 11 is 0. The van der Waals surface area contributed by atoms with Crippen LogP contribution < -0.4 is 5.32 Å². The molecule has 0 radical (unpaired) electrons. The third-order valence-corrected chi connectivity index (χ3v) is 7.09. The Kier molecular flexibility index (Phi) is 3.93. The van der Waals surface area contributed by atoms with Gasteiger partial charge in [0.2, 0.25) is 0 Å². The first kappa shape index (κ1) is 19.3. The number of aliphatic hydroxyl groups excluding tert-OH is 2. The van der Waals surface area contributed by atoms with E-state index in [-0.39, 0.29) is 11.7 Å². The van der Waals surface area contributed by atoms with Crippen LogP contribution in [0.25, 0.3) is 22.7 Å². The minimum atomic E-state index is -1.11. The standard InChI is InChI=1S/C21H22N8O3/c1-10(30)21-7-12(21)15(16(31)17(21)32)28-9-23-14-18(22-2)24-20(25-19(14)28)29-8-13(26-27-29)11-5-3-4-6-11/h3-5,8-9,12,15-17,31-32H,6-7H2,1-2H3,(H,22,24,25)/t12?,15-,16+,17?,21-/m1/s1. The molecule has 3 heterocycles. The zero-order valence-electron chi connectivity index (χ0n) is 17.5. The normalized spacial score (nSPS) is 30.6. The largest absolute Gasteiger partial charge is 0.389 e. The van der Waals surface area contributed by atoms with Crippen molar-refractivity contribution in [2.45, 2.75) is 38.0 Å². The van der Waals surface area contributed by atoms with Crippen LogP contribution in [0.2, 0.25) is 0 Å². The lowest BCUT2D eigenvalue weighted by Gasteiger charge is -2.23. The molecule has 164 valence electrons. The Hall–Kier alpha value is -3.44. The maximum atomic E-state index is 12.2. The molecule has 0 aliphatic heterocycles. The van der Waals surface area contributed by atoms with E-state index in [2.05, 4.69) is 36.7 Å². The number of ketones is 1. The predicted octanol–water partition coefficient (Wildman–Crippen LogP) is 0.664. The molecule has 3 aromatic rings. The zero-order valence-corrected chi connectivity index (χ0v) is 17.5. The monoisotopic (exact) mass is 434 g/mol. The summed E-state index contributed by atoms with van der Waals surface area (Å²) in [5, 5.41) is 32.9. The number of rotatable bonds is 5. The van der Waals surface area contributed by atoms with E-state index >= 15 is 0 Å². The summed E-state index contributed by atoms with van der Waals surface area (Å²) in [6.45, 7) is 1.47. The number of nitrogens with one attached hydrogen (secondary N) is 1. The molecule has 11 heteroatoms. The molecule has 2 saturated carbocycles. The number of carbonyl (C=O) groups is 1. The smallest absolute Gasteiger partial charge is 0.256 e. The van der Waals surface area contributed by atoms with Crippen molar-refractivity contribution in [3.63, 3.8) is 0 Å². The number of nitrogens with zero attached hydrogens (tertiary/aromatic N) is 7. The Bertz CT molecular complexity index is 1320. The maximum Gasteiger partial charge on any atom is 0.256 e. The first-order chi connectivity index (χ1) is 15.5. The van der Waals surface area contributed by atoms with Crippen LogP contribution in [0, 0.1) is 11.3 Å². The molecule has 5 atom stereocenters. The van der Waals surface area contributed by atoms with E-state index in [4.69, 9.17) is 0 Å². The van der Waals surface area contributed by atoms with Gasteiger partial charge in [-0.3, -0.25) is 4.79 Å². The van der Waals surface area contributed by atoms with Crippen molar-refractivity contribution in [3.8, 4) is 5.95 Å². The molecule has 6 rings (SSSR count). The Morgan fingerprint density at radius 2 is 2.16 bits per heavy atom. The third-order valence-electron chi connectivity index (χ3n) is 7.09. The third kappa shape index (κ3) is 2.43. The molecule has 0 saturated heterocycles. The molecule has 2 fully saturated rings. The maximum absolute atomic E-state index is 12.2. The molecule has 0 amide bonds. The molecule has 3 aliphatic carbocycles. The van der Waals surface area contributed by atoms with Crippen molar-refractivity contribution in [2.24, 2.45) is 11.3 Å². The second kappa shape index (κ2) is 6.53. The number of hydrogen-bond acceptors (Lipinski definition) is 9. The Balaban J connectivity index is 1.45. The average molecular weight is 434 g/mol. The average Bonchev–Trinajstić information content (AvgIpc) is 3.26. The van der Waals surface area contributed by atoms with E-state index in [9.17, 15) is 15.0 Å². The van der Waals surface area contributed by atoms with E-state index in [1.165, 1.54) is 11.6 Å². The number of aliphatic hydroxyl groups is 2. The summed E-state index contributed by atoms with van der Waals surface area (Å²) in [6.07, 6.45) is 8.53. The molecular formula is C21H22N8O3.